The first kappa shape index (κ1) is 20.9. The predicted octanol–water partition coefficient (Wildman–Crippen LogP) is 5.00. The van der Waals surface area contributed by atoms with Crippen LogP contribution < -0.4 is 10.6 Å². The number of fused-ring (bicyclic) bond motifs is 1. The van der Waals surface area contributed by atoms with Crippen LogP contribution in [0.25, 0.3) is 10.9 Å². The lowest BCUT2D eigenvalue weighted by Gasteiger charge is -2.08. The van der Waals surface area contributed by atoms with E-state index in [1.807, 2.05) is 24.3 Å². The van der Waals surface area contributed by atoms with Gasteiger partial charge >= 0.3 is 0 Å². The number of anilines is 1. The molecule has 2 heterocycles. The van der Waals surface area contributed by atoms with E-state index in [1.165, 1.54) is 10.9 Å². The summed E-state index contributed by atoms with van der Waals surface area (Å²) >= 11 is 3.17. The van der Waals surface area contributed by atoms with Crippen LogP contribution in [0.3, 0.4) is 0 Å². The molecule has 4 rings (SSSR count). The zero-order chi connectivity index (χ0) is 21.6. The summed E-state index contributed by atoms with van der Waals surface area (Å²) in [5, 5.41) is 6.96. The minimum absolute atomic E-state index is 0.0189. The molecule has 7 heteroatoms. The van der Waals surface area contributed by atoms with Gasteiger partial charge in [0.1, 0.15) is 0 Å². The molecular weight excluding hydrogens is 458 g/mol. The number of hydrogen-bond donors (Lipinski definition) is 2. The highest BCUT2D eigenvalue weighted by molar-refractivity contribution is 9.10. The first-order chi connectivity index (χ1) is 15.1. The van der Waals surface area contributed by atoms with Gasteiger partial charge in [-0.3, -0.25) is 9.59 Å². The molecule has 0 saturated heterocycles. The summed E-state index contributed by atoms with van der Waals surface area (Å²) in [4.78, 5) is 24.3. The fourth-order valence-corrected chi connectivity index (χ4v) is 3.70. The predicted molar refractivity (Wildman–Crippen MR) is 124 cm³/mol. The Bertz CT molecular complexity index is 1190. The number of nitrogens with zero attached hydrogens (tertiary/aromatic N) is 1. The minimum Gasteiger partial charge on any atom is -0.444 e. The van der Waals surface area contributed by atoms with Crippen LogP contribution in [0, 0.1) is 0 Å². The molecule has 2 N–H and O–H groups in total. The summed E-state index contributed by atoms with van der Waals surface area (Å²) < 4.78 is 7.94. The van der Waals surface area contributed by atoms with Crippen molar-refractivity contribution >= 4 is 44.3 Å². The van der Waals surface area contributed by atoms with Crippen LogP contribution in [-0.2, 0) is 17.8 Å². The highest BCUT2D eigenvalue weighted by atomic mass is 79.9. The van der Waals surface area contributed by atoms with E-state index >= 15 is 0 Å². The third-order valence-electron chi connectivity index (χ3n) is 4.95. The quantitative estimate of drug-likeness (QED) is 0.349. The molecule has 158 valence electrons. The second-order valence-corrected chi connectivity index (χ2v) is 7.98. The summed E-state index contributed by atoms with van der Waals surface area (Å²) in [7, 11) is 0. The maximum atomic E-state index is 12.2. The highest BCUT2D eigenvalue weighted by Crippen LogP contribution is 2.17. The molecule has 31 heavy (non-hydrogen) atoms. The molecule has 0 aliphatic carbocycles. The van der Waals surface area contributed by atoms with Gasteiger partial charge in [-0.15, -0.1) is 0 Å². The topological polar surface area (TPSA) is 76.3 Å². The summed E-state index contributed by atoms with van der Waals surface area (Å²) in [6, 6.07) is 20.8. The van der Waals surface area contributed by atoms with Crippen molar-refractivity contribution in [3.05, 3.63) is 88.9 Å². The van der Waals surface area contributed by atoms with E-state index in [9.17, 15) is 9.59 Å². The Kier molecular flexibility index (Phi) is 6.52. The minimum atomic E-state index is -0.327. The number of carbonyl (C=O) groups excluding carboxylic acids is 2. The van der Waals surface area contributed by atoms with Crippen LogP contribution in [0.5, 0.6) is 0 Å². The van der Waals surface area contributed by atoms with Gasteiger partial charge in [0.2, 0.25) is 5.91 Å². The Morgan fingerprint density at radius 2 is 1.77 bits per heavy atom. The standard InChI is InChI=1S/C24H22BrN3O3/c25-22-11-10-21(31-22)24(30)27-19-8-6-17(7-9-19)16-23(29)26-13-3-14-28-15-12-18-4-1-2-5-20(18)28/h1-2,4-12,15H,3,13-14,16H2,(H,26,29)(H,27,30). The van der Waals surface area contributed by atoms with Gasteiger partial charge in [-0.2, -0.15) is 0 Å². The molecule has 2 amide bonds. The van der Waals surface area contributed by atoms with Gasteiger partial charge in [-0.1, -0.05) is 30.3 Å². The van der Waals surface area contributed by atoms with Gasteiger partial charge in [0, 0.05) is 30.5 Å². The lowest BCUT2D eigenvalue weighted by atomic mass is 10.1. The van der Waals surface area contributed by atoms with Gasteiger partial charge in [0.25, 0.3) is 5.91 Å². The van der Waals surface area contributed by atoms with Crippen LogP contribution >= 0.6 is 15.9 Å². The zero-order valence-corrected chi connectivity index (χ0v) is 18.4. The van der Waals surface area contributed by atoms with Crippen LogP contribution in [-0.4, -0.2) is 22.9 Å². The van der Waals surface area contributed by atoms with Gasteiger partial charge < -0.3 is 19.6 Å². The average Bonchev–Trinajstić information content (AvgIpc) is 3.39. The van der Waals surface area contributed by atoms with Crippen molar-refractivity contribution in [2.75, 3.05) is 11.9 Å². The molecular formula is C24H22BrN3O3. The monoisotopic (exact) mass is 479 g/mol. The number of furan rings is 1. The Balaban J connectivity index is 1.21. The number of nitrogens with one attached hydrogen (secondary N) is 2. The van der Waals surface area contributed by atoms with Gasteiger partial charge in [-0.05, 0) is 69.7 Å². The van der Waals surface area contributed by atoms with E-state index in [2.05, 4.69) is 55.5 Å². The third kappa shape index (κ3) is 5.44. The smallest absolute Gasteiger partial charge is 0.291 e. The molecule has 0 spiro atoms. The molecule has 0 aliphatic rings. The number of hydrogen-bond acceptors (Lipinski definition) is 3. The zero-order valence-electron chi connectivity index (χ0n) is 16.8. The van der Waals surface area contributed by atoms with E-state index in [-0.39, 0.29) is 17.6 Å². The van der Waals surface area contributed by atoms with Crippen molar-refractivity contribution < 1.29 is 14.0 Å². The number of halogens is 1. The van der Waals surface area contributed by atoms with Crippen LogP contribution in [0.1, 0.15) is 22.5 Å². The van der Waals surface area contributed by atoms with E-state index in [0.717, 1.165) is 18.5 Å². The lowest BCUT2D eigenvalue weighted by Crippen LogP contribution is -2.26. The maximum absolute atomic E-state index is 12.2. The summed E-state index contributed by atoms with van der Waals surface area (Å²) in [6.45, 7) is 1.48. The molecule has 0 unspecified atom stereocenters. The van der Waals surface area contributed by atoms with Gasteiger partial charge in [0.05, 0.1) is 6.42 Å². The first-order valence-corrected chi connectivity index (χ1v) is 10.8. The largest absolute Gasteiger partial charge is 0.444 e. The van der Waals surface area contributed by atoms with E-state index in [4.69, 9.17) is 4.42 Å². The normalized spacial score (nSPS) is 10.9. The Morgan fingerprint density at radius 1 is 0.968 bits per heavy atom. The lowest BCUT2D eigenvalue weighted by molar-refractivity contribution is -0.120. The Morgan fingerprint density at radius 3 is 2.55 bits per heavy atom. The molecule has 0 atom stereocenters. The fourth-order valence-electron chi connectivity index (χ4n) is 3.40. The van der Waals surface area contributed by atoms with E-state index < -0.39 is 0 Å². The number of aromatic nitrogens is 1. The highest BCUT2D eigenvalue weighted by Gasteiger charge is 2.11. The summed E-state index contributed by atoms with van der Waals surface area (Å²) in [6.07, 6.45) is 3.24. The molecule has 2 aromatic heterocycles. The fraction of sp³-hybridized carbons (Fsp3) is 0.167. The number of amides is 2. The van der Waals surface area contributed by atoms with Crippen molar-refractivity contribution in [3.8, 4) is 0 Å². The Hall–Kier alpha value is -3.32. The van der Waals surface area contributed by atoms with Crippen LogP contribution in [0.4, 0.5) is 5.69 Å². The number of carbonyl (C=O) groups is 2. The van der Waals surface area contributed by atoms with Crippen molar-refractivity contribution in [2.24, 2.45) is 0 Å². The second kappa shape index (κ2) is 9.66. The van der Waals surface area contributed by atoms with E-state index in [0.29, 0.717) is 23.3 Å². The molecule has 6 nitrogen and oxygen atoms in total. The number of para-hydroxylation sites is 1. The van der Waals surface area contributed by atoms with Gasteiger partial charge in [-0.25, -0.2) is 0 Å². The van der Waals surface area contributed by atoms with Crippen molar-refractivity contribution in [2.45, 2.75) is 19.4 Å². The van der Waals surface area contributed by atoms with Crippen molar-refractivity contribution in [1.82, 2.24) is 9.88 Å². The average molecular weight is 480 g/mol. The molecule has 0 fully saturated rings. The maximum Gasteiger partial charge on any atom is 0.291 e. The molecule has 0 aliphatic heterocycles. The van der Waals surface area contributed by atoms with Crippen LogP contribution in [0.2, 0.25) is 0 Å². The molecule has 4 aromatic rings. The van der Waals surface area contributed by atoms with Gasteiger partial charge in [0.15, 0.2) is 10.4 Å². The second-order valence-electron chi connectivity index (χ2n) is 7.20. The first-order valence-electron chi connectivity index (χ1n) is 10.0. The molecule has 0 bridgehead atoms. The molecule has 2 aromatic carbocycles. The van der Waals surface area contributed by atoms with Crippen LogP contribution in [0.15, 0.2) is 82.0 Å². The third-order valence-corrected chi connectivity index (χ3v) is 5.38. The van der Waals surface area contributed by atoms with Crippen molar-refractivity contribution in [1.29, 1.82) is 0 Å². The molecule has 0 radical (unpaired) electrons. The number of aryl methyl sites for hydroxylation is 1. The number of benzene rings is 2. The number of rotatable bonds is 8. The van der Waals surface area contributed by atoms with E-state index in [1.54, 1.807) is 24.3 Å². The summed E-state index contributed by atoms with van der Waals surface area (Å²) in [5.41, 5.74) is 2.73. The Labute approximate surface area is 188 Å². The van der Waals surface area contributed by atoms with Crippen molar-refractivity contribution in [3.63, 3.8) is 0 Å². The SMILES string of the molecule is O=C(Cc1ccc(NC(=O)c2ccc(Br)o2)cc1)NCCCn1ccc2ccccc21. The summed E-state index contributed by atoms with van der Waals surface area (Å²) in [5.74, 6) is -0.121. The molecule has 0 saturated carbocycles.